The van der Waals surface area contributed by atoms with Crippen molar-refractivity contribution >= 4 is 40.0 Å². The molecule has 4 aromatic rings. The fourth-order valence-electron chi connectivity index (χ4n) is 3.05. The Hall–Kier alpha value is -4.13. The number of carbonyl (C=O) groups excluding carboxylic acids is 2. The van der Waals surface area contributed by atoms with Crippen molar-refractivity contribution in [3.63, 3.8) is 0 Å². The molecule has 2 aromatic carbocycles. The van der Waals surface area contributed by atoms with Crippen LogP contribution in [0.5, 0.6) is 0 Å². The summed E-state index contributed by atoms with van der Waals surface area (Å²) < 4.78 is 5.65. The minimum Gasteiger partial charge on any atom is -0.451 e. The van der Waals surface area contributed by atoms with E-state index in [1.54, 1.807) is 18.2 Å². The first-order valence-corrected chi connectivity index (χ1v) is 9.40. The molecule has 7 heteroatoms. The van der Waals surface area contributed by atoms with Crippen molar-refractivity contribution in [1.82, 2.24) is 10.3 Å². The maximum Gasteiger partial charge on any atom is 0.291 e. The van der Waals surface area contributed by atoms with Crippen molar-refractivity contribution in [3.8, 4) is 0 Å². The van der Waals surface area contributed by atoms with Crippen LogP contribution in [0, 0.1) is 6.92 Å². The molecule has 4 rings (SSSR count). The summed E-state index contributed by atoms with van der Waals surface area (Å²) in [6.45, 7) is 1.97. The largest absolute Gasteiger partial charge is 0.451 e. The van der Waals surface area contributed by atoms with E-state index < -0.39 is 5.91 Å². The molecule has 2 aromatic heterocycles. The highest BCUT2D eigenvalue weighted by Crippen LogP contribution is 2.27. The molecular weight excluding hydrogens is 380 g/mol. The molecule has 7 nitrogen and oxygen atoms in total. The Morgan fingerprint density at radius 2 is 1.70 bits per heavy atom. The van der Waals surface area contributed by atoms with E-state index in [4.69, 9.17) is 4.42 Å². The molecule has 150 valence electrons. The lowest BCUT2D eigenvalue weighted by Crippen LogP contribution is -2.19. The average molecular weight is 400 g/mol. The molecule has 0 saturated heterocycles. The summed E-state index contributed by atoms with van der Waals surface area (Å²) in [5, 5.41) is 9.42. The van der Waals surface area contributed by atoms with Crippen molar-refractivity contribution in [2.75, 3.05) is 17.7 Å². The summed E-state index contributed by atoms with van der Waals surface area (Å²) in [7, 11) is 1.54. The first kappa shape index (κ1) is 19.2. The van der Waals surface area contributed by atoms with Crippen LogP contribution in [0.3, 0.4) is 0 Å². The van der Waals surface area contributed by atoms with Gasteiger partial charge in [0, 0.05) is 24.3 Å². The zero-order chi connectivity index (χ0) is 21.1. The molecule has 0 fully saturated rings. The van der Waals surface area contributed by atoms with Gasteiger partial charge in [0.2, 0.25) is 0 Å². The number of hydrogen-bond donors (Lipinski definition) is 3. The molecule has 0 bridgehead atoms. The van der Waals surface area contributed by atoms with Crippen LogP contribution in [0.2, 0.25) is 0 Å². The first-order valence-electron chi connectivity index (χ1n) is 9.40. The Morgan fingerprint density at radius 3 is 2.47 bits per heavy atom. The Morgan fingerprint density at radius 1 is 0.933 bits per heavy atom. The van der Waals surface area contributed by atoms with Gasteiger partial charge in [0.25, 0.3) is 11.8 Å². The number of para-hydroxylation sites is 2. The number of furan rings is 1. The zero-order valence-electron chi connectivity index (χ0n) is 16.5. The first-order chi connectivity index (χ1) is 14.5. The molecule has 0 spiro atoms. The maximum absolute atomic E-state index is 12.8. The Kier molecular flexibility index (Phi) is 5.17. The number of aromatic nitrogens is 1. The molecule has 0 aliphatic carbocycles. The highest BCUT2D eigenvalue weighted by molar-refractivity contribution is 6.07. The summed E-state index contributed by atoms with van der Waals surface area (Å²) in [5.41, 5.74) is 3.18. The van der Waals surface area contributed by atoms with E-state index in [0.29, 0.717) is 22.7 Å². The lowest BCUT2D eigenvalue weighted by molar-refractivity contribution is 0.0960. The van der Waals surface area contributed by atoms with E-state index in [2.05, 4.69) is 20.9 Å². The quantitative estimate of drug-likeness (QED) is 0.459. The van der Waals surface area contributed by atoms with Gasteiger partial charge in [-0.3, -0.25) is 9.59 Å². The second-order valence-corrected chi connectivity index (χ2v) is 6.74. The molecular formula is C23H20N4O3. The van der Waals surface area contributed by atoms with Gasteiger partial charge in [0.15, 0.2) is 11.6 Å². The number of rotatable bonds is 5. The van der Waals surface area contributed by atoms with Gasteiger partial charge in [0.05, 0.1) is 11.3 Å². The van der Waals surface area contributed by atoms with Gasteiger partial charge < -0.3 is 20.4 Å². The number of aryl methyl sites for hydroxylation is 1. The third-order valence-electron chi connectivity index (χ3n) is 4.67. The number of benzene rings is 2. The molecule has 0 aliphatic rings. The minimum absolute atomic E-state index is 0.170. The van der Waals surface area contributed by atoms with E-state index in [0.717, 1.165) is 16.6 Å². The summed E-state index contributed by atoms with van der Waals surface area (Å²) in [4.78, 5) is 29.3. The van der Waals surface area contributed by atoms with Crippen LogP contribution in [0.4, 0.5) is 17.2 Å². The third kappa shape index (κ3) is 3.86. The van der Waals surface area contributed by atoms with Crippen LogP contribution in [-0.2, 0) is 0 Å². The molecule has 2 heterocycles. The van der Waals surface area contributed by atoms with Gasteiger partial charge in [0.1, 0.15) is 5.58 Å². The number of anilines is 3. The number of amides is 2. The van der Waals surface area contributed by atoms with Gasteiger partial charge >= 0.3 is 0 Å². The highest BCUT2D eigenvalue weighted by atomic mass is 16.3. The molecule has 0 atom stereocenters. The van der Waals surface area contributed by atoms with Crippen LogP contribution in [0.15, 0.2) is 71.3 Å². The van der Waals surface area contributed by atoms with E-state index in [1.807, 2.05) is 49.4 Å². The third-order valence-corrected chi connectivity index (χ3v) is 4.67. The summed E-state index contributed by atoms with van der Waals surface area (Å²) in [5.74, 6) is -0.149. The summed E-state index contributed by atoms with van der Waals surface area (Å²) >= 11 is 0. The minimum atomic E-state index is -0.435. The van der Waals surface area contributed by atoms with Gasteiger partial charge in [-0.25, -0.2) is 4.98 Å². The summed E-state index contributed by atoms with van der Waals surface area (Å²) in [6.07, 6.45) is 1.45. The molecule has 30 heavy (non-hydrogen) atoms. The molecule has 0 radical (unpaired) electrons. The molecule has 3 N–H and O–H groups in total. The number of hydrogen-bond acceptors (Lipinski definition) is 5. The van der Waals surface area contributed by atoms with Gasteiger partial charge in [-0.15, -0.1) is 0 Å². The number of fused-ring (bicyclic) bond motifs is 1. The molecule has 2 amide bonds. The molecule has 0 saturated carbocycles. The lowest BCUT2D eigenvalue weighted by Gasteiger charge is -2.14. The van der Waals surface area contributed by atoms with Crippen LogP contribution in [0.25, 0.3) is 11.0 Å². The second kappa shape index (κ2) is 8.08. The van der Waals surface area contributed by atoms with Crippen molar-refractivity contribution in [1.29, 1.82) is 0 Å². The topological polar surface area (TPSA) is 96.3 Å². The number of pyridine rings is 1. The Balaban J connectivity index is 1.69. The zero-order valence-corrected chi connectivity index (χ0v) is 16.5. The Labute approximate surface area is 173 Å². The van der Waals surface area contributed by atoms with Gasteiger partial charge in [-0.2, -0.15) is 0 Å². The highest BCUT2D eigenvalue weighted by Gasteiger charge is 2.17. The normalized spacial score (nSPS) is 10.6. The fourth-order valence-corrected chi connectivity index (χ4v) is 3.05. The van der Waals surface area contributed by atoms with Gasteiger partial charge in [-0.1, -0.05) is 36.4 Å². The number of nitrogens with zero attached hydrogens (tertiary/aromatic N) is 1. The van der Waals surface area contributed by atoms with Gasteiger partial charge in [-0.05, 0) is 36.8 Å². The predicted molar refractivity (Wildman–Crippen MR) is 116 cm³/mol. The SMILES string of the molecule is CNC(=O)c1cnc(Nc2ccccc2C)c(NC(=O)c2cc3ccccc3o2)c1. The van der Waals surface area contributed by atoms with Crippen molar-refractivity contribution in [3.05, 3.63) is 83.7 Å². The van der Waals surface area contributed by atoms with E-state index in [9.17, 15) is 9.59 Å². The van der Waals surface area contributed by atoms with E-state index >= 15 is 0 Å². The van der Waals surface area contributed by atoms with Crippen LogP contribution >= 0.6 is 0 Å². The summed E-state index contributed by atoms with van der Waals surface area (Å²) in [6, 6.07) is 18.4. The van der Waals surface area contributed by atoms with Crippen molar-refractivity contribution in [2.45, 2.75) is 6.92 Å². The van der Waals surface area contributed by atoms with Crippen LogP contribution in [-0.4, -0.2) is 23.8 Å². The predicted octanol–water partition coefficient (Wildman–Crippen LogP) is 4.49. The van der Waals surface area contributed by atoms with Crippen molar-refractivity contribution in [2.24, 2.45) is 0 Å². The maximum atomic E-state index is 12.8. The monoisotopic (exact) mass is 400 g/mol. The number of carbonyl (C=O) groups is 2. The molecule has 0 aliphatic heterocycles. The average Bonchev–Trinajstić information content (AvgIpc) is 3.20. The number of nitrogens with one attached hydrogen (secondary N) is 3. The standard InChI is InChI=1S/C23H20N4O3/c1-14-7-3-5-9-17(14)26-21-18(11-16(13-25-21)22(28)24-2)27-23(29)20-12-15-8-4-6-10-19(15)30-20/h3-13H,1-2H3,(H,24,28)(H,25,26)(H,27,29). The second-order valence-electron chi connectivity index (χ2n) is 6.74. The van der Waals surface area contributed by atoms with E-state index in [1.165, 1.54) is 13.2 Å². The van der Waals surface area contributed by atoms with Crippen LogP contribution < -0.4 is 16.0 Å². The van der Waals surface area contributed by atoms with Crippen molar-refractivity contribution < 1.29 is 14.0 Å². The molecule has 0 unspecified atom stereocenters. The fraction of sp³-hybridized carbons (Fsp3) is 0.0870. The smallest absolute Gasteiger partial charge is 0.291 e. The van der Waals surface area contributed by atoms with E-state index in [-0.39, 0.29) is 11.7 Å². The lowest BCUT2D eigenvalue weighted by atomic mass is 10.2. The Bertz CT molecular complexity index is 1210. The van der Waals surface area contributed by atoms with Crippen LogP contribution in [0.1, 0.15) is 26.5 Å².